The van der Waals surface area contributed by atoms with Crippen molar-refractivity contribution in [3.8, 4) is 11.4 Å². The summed E-state index contributed by atoms with van der Waals surface area (Å²) in [6, 6.07) is 14.6. The maximum absolute atomic E-state index is 12.7. The van der Waals surface area contributed by atoms with E-state index in [1.54, 1.807) is 28.6 Å². The van der Waals surface area contributed by atoms with E-state index in [1.807, 2.05) is 24.3 Å². The summed E-state index contributed by atoms with van der Waals surface area (Å²) in [6.07, 6.45) is 3.38. The first-order valence-electron chi connectivity index (χ1n) is 9.77. The third-order valence-electron chi connectivity index (χ3n) is 5.15. The van der Waals surface area contributed by atoms with Crippen LogP contribution in [0, 0.1) is 0 Å². The number of sulfonamides is 1. The van der Waals surface area contributed by atoms with Crippen LogP contribution in [0.5, 0.6) is 0 Å². The Kier molecular flexibility index (Phi) is 5.75. The van der Waals surface area contributed by atoms with Crippen molar-refractivity contribution in [2.24, 2.45) is 5.73 Å². The summed E-state index contributed by atoms with van der Waals surface area (Å²) in [6.45, 7) is 1.68. The quantitative estimate of drug-likeness (QED) is 0.668. The number of aromatic nitrogens is 2. The van der Waals surface area contributed by atoms with Gasteiger partial charge in [0.25, 0.3) is 0 Å². The van der Waals surface area contributed by atoms with Crippen molar-refractivity contribution in [3.05, 3.63) is 65.5 Å². The smallest absolute Gasteiger partial charge is 0.243 e. The van der Waals surface area contributed by atoms with Gasteiger partial charge in [-0.25, -0.2) is 8.42 Å². The number of hydrogen-bond acceptors (Lipinski definition) is 6. The van der Waals surface area contributed by atoms with Gasteiger partial charge in [0.15, 0.2) is 0 Å². The monoisotopic (exact) mass is 412 g/mol. The van der Waals surface area contributed by atoms with Gasteiger partial charge >= 0.3 is 0 Å². The zero-order valence-corrected chi connectivity index (χ0v) is 16.9. The summed E-state index contributed by atoms with van der Waals surface area (Å²) in [7, 11) is -3.42. The first-order chi connectivity index (χ1) is 14.1. The molecule has 29 heavy (non-hydrogen) atoms. The third-order valence-corrected chi connectivity index (χ3v) is 7.06. The van der Waals surface area contributed by atoms with E-state index in [1.165, 1.54) is 0 Å². The van der Waals surface area contributed by atoms with Crippen LogP contribution in [0.25, 0.3) is 11.4 Å². The minimum absolute atomic E-state index is 0.328. The van der Waals surface area contributed by atoms with Crippen LogP contribution in [-0.4, -0.2) is 36.0 Å². The first-order valence-corrected chi connectivity index (χ1v) is 11.2. The highest BCUT2D eigenvalue weighted by molar-refractivity contribution is 7.89. The van der Waals surface area contributed by atoms with E-state index < -0.39 is 10.0 Å². The van der Waals surface area contributed by atoms with Crippen LogP contribution in [0.1, 0.15) is 36.3 Å². The Balaban J connectivity index is 1.45. The lowest BCUT2D eigenvalue weighted by Crippen LogP contribution is -2.35. The molecule has 1 aromatic heterocycles. The van der Waals surface area contributed by atoms with Gasteiger partial charge in [-0.1, -0.05) is 48.0 Å². The molecule has 0 amide bonds. The van der Waals surface area contributed by atoms with Gasteiger partial charge in [0.2, 0.25) is 21.7 Å². The summed E-state index contributed by atoms with van der Waals surface area (Å²) in [5.41, 5.74) is 8.43. The van der Waals surface area contributed by atoms with Gasteiger partial charge in [-0.3, -0.25) is 0 Å². The predicted octanol–water partition coefficient (Wildman–Crippen LogP) is 2.96. The molecule has 0 atom stereocenters. The normalized spacial score (nSPS) is 15.5. The lowest BCUT2D eigenvalue weighted by atomic mass is 10.1. The Morgan fingerprint density at radius 2 is 1.59 bits per heavy atom. The molecule has 3 aromatic rings. The van der Waals surface area contributed by atoms with Crippen LogP contribution in [0.4, 0.5) is 0 Å². The lowest BCUT2D eigenvalue weighted by Gasteiger charge is -2.25. The molecule has 2 N–H and O–H groups in total. The number of benzene rings is 2. The number of hydrogen-bond donors (Lipinski definition) is 1. The Hall–Kier alpha value is -2.55. The summed E-state index contributed by atoms with van der Waals surface area (Å²) in [5, 5.41) is 4.04. The Morgan fingerprint density at radius 3 is 2.24 bits per heavy atom. The Morgan fingerprint density at radius 1 is 0.931 bits per heavy atom. The summed E-state index contributed by atoms with van der Waals surface area (Å²) in [4.78, 5) is 4.77. The van der Waals surface area contributed by atoms with Crippen LogP contribution in [0.3, 0.4) is 0 Å². The third kappa shape index (κ3) is 4.39. The maximum Gasteiger partial charge on any atom is 0.243 e. The van der Waals surface area contributed by atoms with E-state index in [9.17, 15) is 8.42 Å². The minimum Gasteiger partial charge on any atom is -0.339 e. The molecule has 0 saturated carbocycles. The van der Waals surface area contributed by atoms with Crippen LogP contribution >= 0.6 is 0 Å². The topological polar surface area (TPSA) is 102 Å². The molecular formula is C21H24N4O3S. The van der Waals surface area contributed by atoms with Crippen molar-refractivity contribution in [3.63, 3.8) is 0 Å². The van der Waals surface area contributed by atoms with Crippen molar-refractivity contribution in [1.29, 1.82) is 0 Å². The standard InChI is InChI=1S/C21H24N4O3S/c22-15-17-4-8-18(9-5-17)21-23-20(28-24-21)14-16-6-10-19(11-7-16)29(26,27)25-12-2-1-3-13-25/h4-11H,1-3,12-15,22H2. The van der Waals surface area contributed by atoms with Gasteiger partial charge in [-0.15, -0.1) is 0 Å². The van der Waals surface area contributed by atoms with Crippen molar-refractivity contribution in [2.75, 3.05) is 13.1 Å². The van der Waals surface area contributed by atoms with Gasteiger partial charge in [0.1, 0.15) is 0 Å². The van der Waals surface area contributed by atoms with E-state index in [-0.39, 0.29) is 0 Å². The molecule has 0 spiro atoms. The van der Waals surface area contributed by atoms with E-state index in [2.05, 4.69) is 10.1 Å². The molecule has 2 aromatic carbocycles. The van der Waals surface area contributed by atoms with Gasteiger partial charge in [-0.2, -0.15) is 9.29 Å². The molecule has 2 heterocycles. The number of nitrogens with zero attached hydrogens (tertiary/aromatic N) is 3. The number of nitrogens with two attached hydrogens (primary N) is 1. The molecule has 8 heteroatoms. The minimum atomic E-state index is -3.42. The Labute approximate surface area is 170 Å². The van der Waals surface area contributed by atoms with E-state index in [4.69, 9.17) is 10.3 Å². The number of rotatable bonds is 6. The fourth-order valence-electron chi connectivity index (χ4n) is 3.44. The van der Waals surface area contributed by atoms with Crippen LogP contribution in [0.15, 0.2) is 57.9 Å². The first kappa shape index (κ1) is 19.8. The number of piperidine rings is 1. The van der Waals surface area contributed by atoms with Crippen molar-refractivity contribution >= 4 is 10.0 Å². The highest BCUT2D eigenvalue weighted by Gasteiger charge is 2.25. The highest BCUT2D eigenvalue weighted by atomic mass is 32.2. The molecule has 0 radical (unpaired) electrons. The van der Waals surface area contributed by atoms with E-state index in [0.29, 0.717) is 42.7 Å². The largest absolute Gasteiger partial charge is 0.339 e. The van der Waals surface area contributed by atoms with Crippen LogP contribution in [-0.2, 0) is 23.0 Å². The molecule has 1 saturated heterocycles. The van der Waals surface area contributed by atoms with Crippen molar-refractivity contribution < 1.29 is 12.9 Å². The van der Waals surface area contributed by atoms with Gasteiger partial charge < -0.3 is 10.3 Å². The van der Waals surface area contributed by atoms with Crippen LogP contribution < -0.4 is 5.73 Å². The average Bonchev–Trinajstić information content (AvgIpc) is 3.23. The summed E-state index contributed by atoms with van der Waals surface area (Å²) >= 11 is 0. The van der Waals surface area contributed by atoms with Crippen LogP contribution in [0.2, 0.25) is 0 Å². The second kappa shape index (κ2) is 8.44. The van der Waals surface area contributed by atoms with E-state index in [0.717, 1.165) is 36.0 Å². The molecule has 4 rings (SSSR count). The van der Waals surface area contributed by atoms with Crippen molar-refractivity contribution in [2.45, 2.75) is 37.1 Å². The highest BCUT2D eigenvalue weighted by Crippen LogP contribution is 2.22. The molecule has 152 valence electrons. The molecule has 1 aliphatic heterocycles. The SMILES string of the molecule is NCc1ccc(-c2noc(Cc3ccc(S(=O)(=O)N4CCCCC4)cc3)n2)cc1. The van der Waals surface area contributed by atoms with Gasteiger partial charge in [0.05, 0.1) is 11.3 Å². The molecule has 0 bridgehead atoms. The molecule has 1 fully saturated rings. The van der Waals surface area contributed by atoms with E-state index >= 15 is 0 Å². The van der Waals surface area contributed by atoms with Crippen molar-refractivity contribution in [1.82, 2.24) is 14.4 Å². The molecule has 0 aliphatic carbocycles. The fourth-order valence-corrected chi connectivity index (χ4v) is 4.96. The van der Waals surface area contributed by atoms with Gasteiger partial charge in [-0.05, 0) is 36.1 Å². The zero-order chi connectivity index (χ0) is 20.3. The maximum atomic E-state index is 12.7. The molecule has 7 nitrogen and oxygen atoms in total. The second-order valence-electron chi connectivity index (χ2n) is 7.20. The average molecular weight is 413 g/mol. The molecule has 0 unspecified atom stereocenters. The Bertz CT molecular complexity index is 1050. The summed E-state index contributed by atoms with van der Waals surface area (Å²) in [5.74, 6) is 1.00. The zero-order valence-electron chi connectivity index (χ0n) is 16.1. The molecular weight excluding hydrogens is 388 g/mol. The summed E-state index contributed by atoms with van der Waals surface area (Å²) < 4.78 is 32.4. The predicted molar refractivity (Wildman–Crippen MR) is 109 cm³/mol. The molecule has 1 aliphatic rings. The lowest BCUT2D eigenvalue weighted by molar-refractivity contribution is 0.346. The fraction of sp³-hybridized carbons (Fsp3) is 0.333. The second-order valence-corrected chi connectivity index (χ2v) is 9.14. The van der Waals surface area contributed by atoms with Gasteiger partial charge in [0, 0.05) is 25.2 Å².